The number of ether oxygens (including phenoxy) is 1. The van der Waals surface area contributed by atoms with Crippen LogP contribution >= 0.6 is 11.6 Å². The molecule has 0 saturated carbocycles. The molecule has 4 aromatic rings. The number of rotatable bonds is 9. The molecule has 1 aliphatic rings. The molecule has 12 heteroatoms. The number of hydrogen-bond donors (Lipinski definition) is 2. The Morgan fingerprint density at radius 2 is 1.71 bits per heavy atom. The van der Waals surface area contributed by atoms with Gasteiger partial charge in [-0.05, 0) is 41.8 Å². The summed E-state index contributed by atoms with van der Waals surface area (Å²) >= 11 is 6.61. The summed E-state index contributed by atoms with van der Waals surface area (Å²) in [7, 11) is -5.01. The van der Waals surface area contributed by atoms with Gasteiger partial charge in [0.1, 0.15) is 0 Å². The Hall–Kier alpha value is -3.09. The smallest absolute Gasteiger partial charge is 0.253 e. The highest BCUT2D eigenvalue weighted by molar-refractivity contribution is 7.90. The summed E-state index contributed by atoms with van der Waals surface area (Å²) in [5.74, 6) is 0.106. The van der Waals surface area contributed by atoms with E-state index in [4.69, 9.17) is 16.3 Å². The molecule has 5 rings (SSSR count). The normalized spacial score (nSPS) is 16.7. The van der Waals surface area contributed by atoms with E-state index in [1.807, 2.05) is 36.4 Å². The number of H-pyrrole nitrogens is 1. The molecule has 2 aromatic carbocycles. The number of aliphatic hydroxyl groups is 1. The van der Waals surface area contributed by atoms with Gasteiger partial charge in [0.05, 0.1) is 22.3 Å². The maximum absolute atomic E-state index is 12.7. The summed E-state index contributed by atoms with van der Waals surface area (Å²) in [5.41, 5.74) is 3.46. The van der Waals surface area contributed by atoms with Crippen LogP contribution in [0.1, 0.15) is 28.0 Å². The average Bonchev–Trinajstić information content (AvgIpc) is 3.54. The number of likely N-dealkylation sites (tertiary alicyclic amines) is 1. The van der Waals surface area contributed by atoms with E-state index in [1.165, 1.54) is 0 Å². The van der Waals surface area contributed by atoms with E-state index in [9.17, 15) is 18.3 Å². The van der Waals surface area contributed by atoms with Crippen molar-refractivity contribution in [1.29, 1.82) is 0 Å². The molecule has 1 amide bonds. The number of carbonyl (C=O) groups excluding carboxylic acids is 1. The van der Waals surface area contributed by atoms with Gasteiger partial charge in [0.25, 0.3) is 5.91 Å². The fourth-order valence-corrected chi connectivity index (χ4v) is 6.71. The van der Waals surface area contributed by atoms with Crippen LogP contribution in [0.15, 0.2) is 54.6 Å². The minimum absolute atomic E-state index is 0.0768. The Kier molecular flexibility index (Phi) is 8.59. The Morgan fingerprint density at radius 1 is 1.10 bits per heavy atom. The van der Waals surface area contributed by atoms with E-state index in [0.29, 0.717) is 53.6 Å². The number of carbonyl (C=O) groups is 1. The van der Waals surface area contributed by atoms with E-state index in [2.05, 4.69) is 34.6 Å². The van der Waals surface area contributed by atoms with Gasteiger partial charge in [0, 0.05) is 45.2 Å². The lowest BCUT2D eigenvalue weighted by Gasteiger charge is -2.18. The molecule has 1 aliphatic heterocycles. The zero-order valence-electron chi connectivity index (χ0n) is 24.1. The standard InChI is InChI=1S/C30H35ClN4O5SSi/c1-41(38,39)30(40-15-16-42(2,3)4)28-32-25-17-24(31)26(33-27(25)34-28)21-9-5-19(6-10-21)20-7-11-22(12-8-20)29(37)35-14-13-23(36)18-35/h5-12,17,23,30,36H,13-16,18H2,1-4H3,(H,32,33,34)/t23-,30?/m1/s1. The first-order chi connectivity index (χ1) is 19.8. The molecule has 2 atom stereocenters. The van der Waals surface area contributed by atoms with Crippen molar-refractivity contribution in [2.45, 2.75) is 43.6 Å². The molecule has 2 N–H and O–H groups in total. The van der Waals surface area contributed by atoms with Crippen LogP contribution in [0.5, 0.6) is 0 Å². The van der Waals surface area contributed by atoms with Crippen LogP contribution in [-0.4, -0.2) is 79.4 Å². The predicted molar refractivity (Wildman–Crippen MR) is 168 cm³/mol. The largest absolute Gasteiger partial charge is 0.391 e. The molecular formula is C30H35ClN4O5SSi. The zero-order valence-corrected chi connectivity index (χ0v) is 26.7. The summed E-state index contributed by atoms with van der Waals surface area (Å²) in [6, 6.07) is 17.7. The summed E-state index contributed by atoms with van der Waals surface area (Å²) in [4.78, 5) is 26.5. The Labute approximate surface area is 251 Å². The highest BCUT2D eigenvalue weighted by atomic mass is 35.5. The van der Waals surface area contributed by atoms with E-state index in [1.54, 1.807) is 23.1 Å². The molecule has 0 bridgehead atoms. The second-order valence-corrected chi connectivity index (χ2v) is 20.1. The molecule has 0 radical (unpaired) electrons. The fourth-order valence-electron chi connectivity index (χ4n) is 4.86. The minimum Gasteiger partial charge on any atom is -0.391 e. The molecule has 1 saturated heterocycles. The van der Waals surface area contributed by atoms with E-state index >= 15 is 0 Å². The third kappa shape index (κ3) is 6.92. The van der Waals surface area contributed by atoms with Crippen LogP contribution in [0.3, 0.4) is 0 Å². The maximum atomic E-state index is 12.7. The number of aliphatic hydroxyl groups excluding tert-OH is 1. The molecule has 42 heavy (non-hydrogen) atoms. The summed E-state index contributed by atoms with van der Waals surface area (Å²) in [6.07, 6.45) is 1.29. The molecule has 0 aliphatic carbocycles. The van der Waals surface area contributed by atoms with Gasteiger partial charge in [0.2, 0.25) is 5.44 Å². The van der Waals surface area contributed by atoms with E-state index in [0.717, 1.165) is 29.0 Å². The first kappa shape index (κ1) is 30.4. The minimum atomic E-state index is -3.59. The highest BCUT2D eigenvalue weighted by Gasteiger charge is 2.29. The highest BCUT2D eigenvalue weighted by Crippen LogP contribution is 2.32. The van der Waals surface area contributed by atoms with Crippen molar-refractivity contribution >= 4 is 46.6 Å². The number of fused-ring (bicyclic) bond motifs is 1. The Balaban J connectivity index is 1.35. The second kappa shape index (κ2) is 11.9. The number of sulfone groups is 1. The molecule has 1 fully saturated rings. The zero-order chi connectivity index (χ0) is 30.2. The van der Waals surface area contributed by atoms with Gasteiger partial charge in [-0.15, -0.1) is 0 Å². The van der Waals surface area contributed by atoms with E-state index in [-0.39, 0.29) is 11.7 Å². The number of aromatic amines is 1. The Morgan fingerprint density at radius 3 is 2.29 bits per heavy atom. The number of hydrogen-bond acceptors (Lipinski definition) is 7. The number of pyridine rings is 1. The number of nitrogens with one attached hydrogen (secondary N) is 1. The molecule has 3 heterocycles. The summed E-state index contributed by atoms with van der Waals surface area (Å²) < 4.78 is 30.9. The van der Waals surface area contributed by atoms with Crippen LogP contribution < -0.4 is 0 Å². The lowest BCUT2D eigenvalue weighted by molar-refractivity contribution is 0.0765. The fraction of sp³-hybridized carbons (Fsp3) is 0.367. The van der Waals surface area contributed by atoms with Crippen LogP contribution in [0.4, 0.5) is 0 Å². The third-order valence-electron chi connectivity index (χ3n) is 7.25. The SMILES string of the molecule is C[Si](C)(C)CCOC(c1nc2nc(-c3ccc(-c4ccc(C(=O)N5CC[C@@H](O)C5)cc4)cc3)c(Cl)cc2[nH]1)S(C)(=O)=O. The number of amides is 1. The van der Waals surface area contributed by atoms with Gasteiger partial charge >= 0.3 is 0 Å². The number of aromatic nitrogens is 3. The summed E-state index contributed by atoms with van der Waals surface area (Å²) in [5, 5.41) is 10.1. The molecule has 9 nitrogen and oxygen atoms in total. The lowest BCUT2D eigenvalue weighted by Crippen LogP contribution is -2.29. The van der Waals surface area contributed by atoms with Crippen molar-refractivity contribution in [3.63, 3.8) is 0 Å². The van der Waals surface area contributed by atoms with Crippen molar-refractivity contribution < 1.29 is 23.1 Å². The van der Waals surface area contributed by atoms with Gasteiger partial charge in [0.15, 0.2) is 21.3 Å². The molecular weight excluding hydrogens is 592 g/mol. The van der Waals surface area contributed by atoms with E-state index < -0.39 is 29.5 Å². The van der Waals surface area contributed by atoms with Gasteiger partial charge in [-0.2, -0.15) is 0 Å². The van der Waals surface area contributed by atoms with Crippen LogP contribution in [0.2, 0.25) is 30.7 Å². The molecule has 1 unspecified atom stereocenters. The second-order valence-electron chi connectivity index (χ2n) is 12.0. The van der Waals surface area contributed by atoms with Crippen molar-refractivity contribution in [2.24, 2.45) is 0 Å². The third-order valence-corrected chi connectivity index (χ3v) is 10.4. The van der Waals surface area contributed by atoms with Crippen molar-refractivity contribution in [3.05, 3.63) is 71.0 Å². The number of halogens is 1. The molecule has 222 valence electrons. The van der Waals surface area contributed by atoms with Crippen molar-refractivity contribution in [1.82, 2.24) is 19.9 Å². The number of benzene rings is 2. The van der Waals surface area contributed by atoms with Crippen molar-refractivity contribution in [3.8, 4) is 22.4 Å². The van der Waals surface area contributed by atoms with Gasteiger partial charge in [-0.3, -0.25) is 4.79 Å². The number of nitrogens with zero attached hydrogens (tertiary/aromatic N) is 3. The predicted octanol–water partition coefficient (Wildman–Crippen LogP) is 5.55. The Bertz CT molecular complexity index is 1700. The van der Waals surface area contributed by atoms with Crippen LogP contribution in [-0.2, 0) is 14.6 Å². The monoisotopic (exact) mass is 626 g/mol. The molecule has 0 spiro atoms. The van der Waals surface area contributed by atoms with Gasteiger partial charge in [-0.1, -0.05) is 67.6 Å². The van der Waals surface area contributed by atoms with Gasteiger partial charge in [-0.25, -0.2) is 18.4 Å². The maximum Gasteiger partial charge on any atom is 0.253 e. The van der Waals surface area contributed by atoms with Crippen LogP contribution in [0, 0.1) is 0 Å². The van der Waals surface area contributed by atoms with Crippen LogP contribution in [0.25, 0.3) is 33.5 Å². The average molecular weight is 627 g/mol. The summed E-state index contributed by atoms with van der Waals surface area (Å²) in [6.45, 7) is 7.88. The van der Waals surface area contributed by atoms with Crippen molar-refractivity contribution in [2.75, 3.05) is 26.0 Å². The lowest BCUT2D eigenvalue weighted by atomic mass is 10.0. The number of β-amino-alcohol motifs (C(OH)–C–C–N with tert-alkyl or cyclic N) is 1. The topological polar surface area (TPSA) is 125 Å². The first-order valence-corrected chi connectivity index (χ1v) is 19.9. The first-order valence-electron chi connectivity index (χ1n) is 13.8. The number of imidazole rings is 1. The molecule has 2 aromatic heterocycles. The quantitative estimate of drug-likeness (QED) is 0.233. The van der Waals surface area contributed by atoms with Gasteiger partial charge < -0.3 is 19.7 Å².